The molecule has 1 aliphatic heterocycles. The van der Waals surface area contributed by atoms with Gasteiger partial charge in [-0.1, -0.05) is 13.8 Å². The molecule has 2 N–H and O–H groups in total. The molecule has 0 saturated carbocycles. The molecule has 1 aromatic carbocycles. The van der Waals surface area contributed by atoms with Gasteiger partial charge < -0.3 is 5.73 Å². The van der Waals surface area contributed by atoms with E-state index in [9.17, 15) is 20.2 Å². The third-order valence-corrected chi connectivity index (χ3v) is 7.07. The largest absolute Gasteiger partial charge is 0.384 e. The summed E-state index contributed by atoms with van der Waals surface area (Å²) in [5.74, 6) is -0.228. The first-order valence-corrected chi connectivity index (χ1v) is 11.1. The zero-order valence-corrected chi connectivity index (χ0v) is 19.2. The summed E-state index contributed by atoms with van der Waals surface area (Å²) in [6, 6.07) is 10.3. The number of benzene rings is 1. The Labute approximate surface area is 190 Å². The zero-order chi connectivity index (χ0) is 23.4. The van der Waals surface area contributed by atoms with Gasteiger partial charge in [0, 0.05) is 45.3 Å². The lowest BCUT2D eigenvalue weighted by Gasteiger charge is -2.43. The van der Waals surface area contributed by atoms with Gasteiger partial charge in [0.2, 0.25) is 0 Å². The Bertz CT molecular complexity index is 1250. The molecule has 2 heterocycles. The normalized spacial score (nSPS) is 20.3. The molecule has 0 bridgehead atoms. The summed E-state index contributed by atoms with van der Waals surface area (Å²) in [5.41, 5.74) is 9.52. The number of ketones is 1. The molecule has 1 aromatic heterocycles. The molecule has 2 aliphatic rings. The van der Waals surface area contributed by atoms with E-state index in [1.165, 1.54) is 12.1 Å². The van der Waals surface area contributed by atoms with Gasteiger partial charge in [-0.3, -0.25) is 19.8 Å². The Kier molecular flexibility index (Phi) is 5.18. The van der Waals surface area contributed by atoms with Crippen LogP contribution < -0.4 is 10.6 Å². The Morgan fingerprint density at radius 2 is 1.91 bits per heavy atom. The van der Waals surface area contributed by atoms with E-state index in [2.05, 4.69) is 6.07 Å². The van der Waals surface area contributed by atoms with Crippen molar-refractivity contribution >= 4 is 28.5 Å². The Morgan fingerprint density at radius 1 is 1.25 bits per heavy atom. The van der Waals surface area contributed by atoms with Crippen molar-refractivity contribution in [2.45, 2.75) is 46.5 Å². The van der Waals surface area contributed by atoms with Crippen LogP contribution in [0.4, 0.5) is 11.4 Å². The summed E-state index contributed by atoms with van der Waals surface area (Å²) in [5, 5.41) is 21.2. The third-order valence-electron chi connectivity index (χ3n) is 6.09. The lowest BCUT2D eigenvalue weighted by molar-refractivity contribution is -0.384. The maximum atomic E-state index is 13.5. The van der Waals surface area contributed by atoms with Crippen molar-refractivity contribution in [3.8, 4) is 6.07 Å². The molecule has 164 valence electrons. The Hall–Kier alpha value is -3.44. The molecule has 1 aliphatic carbocycles. The van der Waals surface area contributed by atoms with Crippen LogP contribution >= 0.6 is 11.3 Å². The number of carbonyl (C=O) groups excluding carboxylic acids is 1. The number of thiophene rings is 1. The number of allylic oxidation sites excluding steroid dienone is 3. The number of nitro benzene ring substituents is 1. The molecule has 1 atom stereocenters. The van der Waals surface area contributed by atoms with Crippen LogP contribution in [0.15, 0.2) is 53.0 Å². The SMILES string of the molecule is Cc1cc(C2C(C#N)=C(N)N(c3ccc([N+](=O)[O-])cc3)C3=C2C(=O)CC(C)(C)C3)c(C)s1. The molecule has 7 nitrogen and oxygen atoms in total. The second-order valence-electron chi connectivity index (χ2n) is 9.12. The summed E-state index contributed by atoms with van der Waals surface area (Å²) >= 11 is 1.63. The fourth-order valence-corrected chi connectivity index (χ4v) is 5.74. The number of hydrogen-bond acceptors (Lipinski definition) is 7. The number of nitro groups is 1. The quantitative estimate of drug-likeness (QED) is 0.509. The van der Waals surface area contributed by atoms with Crippen molar-refractivity contribution in [1.29, 1.82) is 5.26 Å². The number of nitriles is 1. The second kappa shape index (κ2) is 7.61. The standard InChI is InChI=1S/C24H24N4O3S/c1-13-9-17(14(2)32-13)21-18(12-25)23(26)27(15-5-7-16(8-6-15)28(30)31)19-10-24(3,4)11-20(29)22(19)21/h5-9,21H,10-11,26H2,1-4H3. The number of rotatable bonds is 3. The molecular weight excluding hydrogens is 424 g/mol. The van der Waals surface area contributed by atoms with Crippen LogP contribution in [0.1, 0.15) is 47.9 Å². The lowest BCUT2D eigenvalue weighted by atomic mass is 9.68. The van der Waals surface area contributed by atoms with Crippen LogP contribution in [0, 0.1) is 40.7 Å². The van der Waals surface area contributed by atoms with Gasteiger partial charge in [-0.25, -0.2) is 0 Å². The first-order chi connectivity index (χ1) is 15.0. The number of Topliss-reactive ketones (excluding diaryl/α,β-unsaturated/α-hetero) is 1. The van der Waals surface area contributed by atoms with Crippen LogP contribution in [0.5, 0.6) is 0 Å². The minimum Gasteiger partial charge on any atom is -0.384 e. The molecule has 0 radical (unpaired) electrons. The van der Waals surface area contributed by atoms with E-state index in [0.29, 0.717) is 29.7 Å². The molecule has 0 fully saturated rings. The first-order valence-electron chi connectivity index (χ1n) is 10.3. The highest BCUT2D eigenvalue weighted by atomic mass is 32.1. The van der Waals surface area contributed by atoms with E-state index in [1.807, 2.05) is 33.8 Å². The smallest absolute Gasteiger partial charge is 0.269 e. The fraction of sp³-hybridized carbons (Fsp3) is 0.333. The van der Waals surface area contributed by atoms with Crippen LogP contribution in [0.25, 0.3) is 0 Å². The van der Waals surface area contributed by atoms with E-state index in [1.54, 1.807) is 28.4 Å². The minimum atomic E-state index is -0.502. The van der Waals surface area contributed by atoms with E-state index < -0.39 is 10.8 Å². The van der Waals surface area contributed by atoms with Gasteiger partial charge in [0.25, 0.3) is 5.69 Å². The molecule has 0 amide bonds. The van der Waals surface area contributed by atoms with Crippen LogP contribution in [0.3, 0.4) is 0 Å². The van der Waals surface area contributed by atoms with Gasteiger partial charge in [0.15, 0.2) is 5.78 Å². The van der Waals surface area contributed by atoms with Crippen molar-refractivity contribution in [3.05, 3.63) is 78.4 Å². The maximum absolute atomic E-state index is 13.5. The highest BCUT2D eigenvalue weighted by molar-refractivity contribution is 7.12. The number of aryl methyl sites for hydroxylation is 2. The topological polar surface area (TPSA) is 113 Å². The summed E-state index contributed by atoms with van der Waals surface area (Å²) in [6.07, 6.45) is 0.986. The van der Waals surface area contributed by atoms with Crippen molar-refractivity contribution in [3.63, 3.8) is 0 Å². The molecule has 8 heteroatoms. The highest BCUT2D eigenvalue weighted by Crippen LogP contribution is 2.51. The van der Waals surface area contributed by atoms with Gasteiger partial charge in [-0.05, 0) is 49.4 Å². The molecule has 4 rings (SSSR count). The molecule has 32 heavy (non-hydrogen) atoms. The van der Waals surface area contributed by atoms with E-state index >= 15 is 0 Å². The lowest BCUT2D eigenvalue weighted by Crippen LogP contribution is -2.42. The van der Waals surface area contributed by atoms with Gasteiger partial charge in [0.05, 0.1) is 22.5 Å². The van der Waals surface area contributed by atoms with Crippen molar-refractivity contribution in [2.24, 2.45) is 11.1 Å². The van der Waals surface area contributed by atoms with Gasteiger partial charge >= 0.3 is 0 Å². The summed E-state index contributed by atoms with van der Waals surface area (Å²) in [7, 11) is 0. The predicted molar refractivity (Wildman–Crippen MR) is 124 cm³/mol. The zero-order valence-electron chi connectivity index (χ0n) is 18.4. The number of nitrogens with zero attached hydrogens (tertiary/aromatic N) is 3. The summed E-state index contributed by atoms with van der Waals surface area (Å²) < 4.78 is 0. The number of hydrogen-bond donors (Lipinski definition) is 1. The number of anilines is 1. The number of nitrogens with two attached hydrogens (primary N) is 1. The fourth-order valence-electron chi connectivity index (χ4n) is 4.78. The third kappa shape index (κ3) is 3.49. The van der Waals surface area contributed by atoms with E-state index in [-0.39, 0.29) is 22.7 Å². The second-order valence-corrected chi connectivity index (χ2v) is 10.6. The Balaban J connectivity index is 1.98. The Morgan fingerprint density at radius 3 is 2.44 bits per heavy atom. The first kappa shape index (κ1) is 21.8. The number of carbonyl (C=O) groups is 1. The van der Waals surface area contributed by atoms with Crippen molar-refractivity contribution < 1.29 is 9.72 Å². The average Bonchev–Trinajstić information content (AvgIpc) is 3.04. The molecule has 2 aromatic rings. The molecule has 0 spiro atoms. The van der Waals surface area contributed by atoms with E-state index in [0.717, 1.165) is 21.0 Å². The van der Waals surface area contributed by atoms with E-state index in [4.69, 9.17) is 5.73 Å². The maximum Gasteiger partial charge on any atom is 0.269 e. The summed E-state index contributed by atoms with van der Waals surface area (Å²) in [4.78, 5) is 28.0. The molecule has 1 unspecified atom stereocenters. The average molecular weight is 449 g/mol. The monoisotopic (exact) mass is 448 g/mol. The van der Waals surface area contributed by atoms with Gasteiger partial charge in [0.1, 0.15) is 5.82 Å². The summed E-state index contributed by atoms with van der Waals surface area (Å²) in [6.45, 7) is 8.08. The van der Waals surface area contributed by atoms with Gasteiger partial charge in [-0.2, -0.15) is 5.26 Å². The number of non-ortho nitro benzene ring substituents is 1. The van der Waals surface area contributed by atoms with Crippen LogP contribution in [0.2, 0.25) is 0 Å². The van der Waals surface area contributed by atoms with Crippen molar-refractivity contribution in [2.75, 3.05) is 4.90 Å². The van der Waals surface area contributed by atoms with Gasteiger partial charge in [-0.15, -0.1) is 11.3 Å². The molecule has 0 saturated heterocycles. The van der Waals surface area contributed by atoms with Crippen LogP contribution in [-0.2, 0) is 4.79 Å². The predicted octanol–water partition coefficient (Wildman–Crippen LogP) is 5.21. The molecular formula is C24H24N4O3S. The highest BCUT2D eigenvalue weighted by Gasteiger charge is 2.45. The van der Waals surface area contributed by atoms with Crippen molar-refractivity contribution in [1.82, 2.24) is 0 Å². The van der Waals surface area contributed by atoms with Crippen LogP contribution in [-0.4, -0.2) is 10.7 Å². The minimum absolute atomic E-state index is 0.0108.